The molecular formula is C17H21NO3S. The minimum Gasteiger partial charge on any atom is -0.314 e. The summed E-state index contributed by atoms with van der Waals surface area (Å²) in [5, 5.41) is 3.09. The van der Waals surface area contributed by atoms with Crippen molar-refractivity contribution in [2.45, 2.75) is 24.3 Å². The maximum absolute atomic E-state index is 12.2. The molecule has 2 rings (SSSR count). The van der Waals surface area contributed by atoms with E-state index in [0.717, 1.165) is 11.1 Å². The van der Waals surface area contributed by atoms with Crippen LogP contribution in [0, 0.1) is 6.92 Å². The third kappa shape index (κ3) is 4.66. The molecule has 0 radical (unpaired) electrons. The van der Waals surface area contributed by atoms with Crippen molar-refractivity contribution in [1.82, 2.24) is 5.32 Å². The van der Waals surface area contributed by atoms with Crippen LogP contribution in [0.5, 0.6) is 0 Å². The first kappa shape index (κ1) is 16.7. The smallest absolute Gasteiger partial charge is 0.297 e. The molecule has 0 heterocycles. The summed E-state index contributed by atoms with van der Waals surface area (Å²) in [6.07, 6.45) is 0.709. The van der Waals surface area contributed by atoms with Crippen LogP contribution in [-0.2, 0) is 20.7 Å². The molecule has 22 heavy (non-hydrogen) atoms. The van der Waals surface area contributed by atoms with Crippen LogP contribution in [-0.4, -0.2) is 28.1 Å². The molecule has 1 atom stereocenters. The molecule has 0 saturated carbocycles. The molecule has 1 N–H and O–H groups in total. The lowest BCUT2D eigenvalue weighted by molar-refractivity contribution is 0.274. The van der Waals surface area contributed by atoms with Crippen LogP contribution in [0.4, 0.5) is 0 Å². The number of benzene rings is 2. The second kappa shape index (κ2) is 7.54. The summed E-state index contributed by atoms with van der Waals surface area (Å²) < 4.78 is 29.5. The molecule has 0 aliphatic carbocycles. The van der Waals surface area contributed by atoms with E-state index in [-0.39, 0.29) is 17.5 Å². The van der Waals surface area contributed by atoms with Crippen molar-refractivity contribution < 1.29 is 12.6 Å². The van der Waals surface area contributed by atoms with Crippen molar-refractivity contribution in [3.63, 3.8) is 0 Å². The molecular weight excluding hydrogens is 298 g/mol. The van der Waals surface area contributed by atoms with Gasteiger partial charge in [-0.05, 0) is 38.1 Å². The summed E-state index contributed by atoms with van der Waals surface area (Å²) in [5.41, 5.74) is 2.15. The molecule has 0 spiro atoms. The number of rotatable bonds is 7. The largest absolute Gasteiger partial charge is 0.314 e. The summed E-state index contributed by atoms with van der Waals surface area (Å²) in [7, 11) is -1.91. The molecule has 0 bridgehead atoms. The van der Waals surface area contributed by atoms with Crippen LogP contribution in [0.25, 0.3) is 0 Å². The fourth-order valence-electron chi connectivity index (χ4n) is 2.09. The first-order valence-electron chi connectivity index (χ1n) is 7.18. The van der Waals surface area contributed by atoms with Crippen molar-refractivity contribution in [3.05, 3.63) is 65.7 Å². The van der Waals surface area contributed by atoms with Gasteiger partial charge in [0.2, 0.25) is 0 Å². The summed E-state index contributed by atoms with van der Waals surface area (Å²) in [5.74, 6) is 0. The summed E-state index contributed by atoms with van der Waals surface area (Å²) >= 11 is 0. The normalized spacial score (nSPS) is 13.0. The minimum absolute atomic E-state index is 0.0670. The molecule has 118 valence electrons. The highest BCUT2D eigenvalue weighted by molar-refractivity contribution is 7.86. The molecule has 5 heteroatoms. The fourth-order valence-corrected chi connectivity index (χ4v) is 3.04. The first-order chi connectivity index (χ1) is 10.5. The van der Waals surface area contributed by atoms with Crippen LogP contribution < -0.4 is 5.32 Å². The van der Waals surface area contributed by atoms with Gasteiger partial charge in [0, 0.05) is 6.04 Å². The van der Waals surface area contributed by atoms with Crippen molar-refractivity contribution in [2.24, 2.45) is 0 Å². The van der Waals surface area contributed by atoms with E-state index < -0.39 is 10.1 Å². The lowest BCUT2D eigenvalue weighted by Crippen LogP contribution is -2.33. The van der Waals surface area contributed by atoms with E-state index in [4.69, 9.17) is 4.18 Å². The van der Waals surface area contributed by atoms with Gasteiger partial charge in [0.15, 0.2) is 0 Å². The number of hydrogen-bond donors (Lipinski definition) is 1. The van der Waals surface area contributed by atoms with Gasteiger partial charge < -0.3 is 5.32 Å². The molecule has 0 aliphatic rings. The number of nitrogens with one attached hydrogen (secondary N) is 1. The van der Waals surface area contributed by atoms with Gasteiger partial charge >= 0.3 is 0 Å². The van der Waals surface area contributed by atoms with Crippen LogP contribution in [0.2, 0.25) is 0 Å². The highest BCUT2D eigenvalue weighted by Gasteiger charge is 2.18. The van der Waals surface area contributed by atoms with Gasteiger partial charge in [0.25, 0.3) is 10.1 Å². The van der Waals surface area contributed by atoms with E-state index in [9.17, 15) is 8.42 Å². The molecule has 0 aromatic heterocycles. The molecule has 0 amide bonds. The highest BCUT2D eigenvalue weighted by atomic mass is 32.2. The first-order valence-corrected chi connectivity index (χ1v) is 8.59. The number of likely N-dealkylation sites (N-methyl/N-ethyl adjacent to an activating group) is 1. The lowest BCUT2D eigenvalue weighted by Gasteiger charge is -2.16. The van der Waals surface area contributed by atoms with Gasteiger partial charge in [-0.1, -0.05) is 48.0 Å². The Morgan fingerprint density at radius 1 is 1.05 bits per heavy atom. The minimum atomic E-state index is -3.71. The van der Waals surface area contributed by atoms with Gasteiger partial charge in [-0.25, -0.2) is 0 Å². The topological polar surface area (TPSA) is 55.4 Å². The maximum Gasteiger partial charge on any atom is 0.297 e. The molecule has 0 unspecified atom stereocenters. The molecule has 0 fully saturated rings. The molecule has 2 aromatic rings. The highest BCUT2D eigenvalue weighted by Crippen LogP contribution is 2.14. The van der Waals surface area contributed by atoms with E-state index in [0.29, 0.717) is 6.42 Å². The zero-order valence-electron chi connectivity index (χ0n) is 12.8. The Bertz CT molecular complexity index is 682. The molecule has 4 nitrogen and oxygen atoms in total. The summed E-state index contributed by atoms with van der Waals surface area (Å²) in [6.45, 7) is 2.01. The second-order valence-corrected chi connectivity index (χ2v) is 6.84. The predicted molar refractivity (Wildman–Crippen MR) is 87.3 cm³/mol. The van der Waals surface area contributed by atoms with Crippen molar-refractivity contribution >= 4 is 10.1 Å². The Hall–Kier alpha value is -1.69. The third-order valence-corrected chi connectivity index (χ3v) is 4.76. The average Bonchev–Trinajstić information content (AvgIpc) is 2.53. The van der Waals surface area contributed by atoms with Crippen LogP contribution in [0.1, 0.15) is 11.1 Å². The van der Waals surface area contributed by atoms with Gasteiger partial charge in [-0.15, -0.1) is 0 Å². The van der Waals surface area contributed by atoms with Crippen molar-refractivity contribution in [1.29, 1.82) is 0 Å². The SMILES string of the molecule is CN[C@H](COS(=O)(=O)c1ccc(C)cc1)Cc1ccccc1. The average molecular weight is 319 g/mol. The third-order valence-electron chi connectivity index (χ3n) is 3.47. The zero-order chi connectivity index (χ0) is 16.0. The summed E-state index contributed by atoms with van der Waals surface area (Å²) in [6, 6.07) is 16.5. The fraction of sp³-hybridized carbons (Fsp3) is 0.294. The predicted octanol–water partition coefficient (Wildman–Crippen LogP) is 2.53. The lowest BCUT2D eigenvalue weighted by atomic mass is 10.1. The Kier molecular flexibility index (Phi) is 5.71. The number of hydrogen-bond acceptors (Lipinski definition) is 4. The van der Waals surface area contributed by atoms with Gasteiger partial charge in [-0.2, -0.15) is 8.42 Å². The van der Waals surface area contributed by atoms with E-state index in [1.165, 1.54) is 0 Å². The van der Waals surface area contributed by atoms with E-state index in [1.54, 1.807) is 31.3 Å². The quantitative estimate of drug-likeness (QED) is 0.797. The van der Waals surface area contributed by atoms with Crippen molar-refractivity contribution in [2.75, 3.05) is 13.7 Å². The van der Waals surface area contributed by atoms with E-state index in [1.807, 2.05) is 37.3 Å². The van der Waals surface area contributed by atoms with Gasteiger partial charge in [0.05, 0.1) is 11.5 Å². The van der Waals surface area contributed by atoms with Crippen LogP contribution >= 0.6 is 0 Å². The Morgan fingerprint density at radius 3 is 2.27 bits per heavy atom. The standard InChI is InChI=1S/C17H21NO3S/c1-14-8-10-17(11-9-14)22(19,20)21-13-16(18-2)12-15-6-4-3-5-7-15/h3-11,16,18H,12-13H2,1-2H3/t16-/m0/s1. The Balaban J connectivity index is 1.99. The summed E-state index contributed by atoms with van der Waals surface area (Å²) in [4.78, 5) is 0.188. The molecule has 0 saturated heterocycles. The van der Waals surface area contributed by atoms with Gasteiger partial charge in [-0.3, -0.25) is 4.18 Å². The van der Waals surface area contributed by atoms with Crippen LogP contribution in [0.15, 0.2) is 59.5 Å². The van der Waals surface area contributed by atoms with E-state index in [2.05, 4.69) is 5.32 Å². The Labute approximate surface area is 132 Å². The van der Waals surface area contributed by atoms with Crippen LogP contribution in [0.3, 0.4) is 0 Å². The van der Waals surface area contributed by atoms with E-state index >= 15 is 0 Å². The zero-order valence-corrected chi connectivity index (χ0v) is 13.6. The molecule has 2 aromatic carbocycles. The second-order valence-electron chi connectivity index (χ2n) is 5.23. The Morgan fingerprint density at radius 2 is 1.68 bits per heavy atom. The monoisotopic (exact) mass is 319 g/mol. The molecule has 0 aliphatic heterocycles. The maximum atomic E-state index is 12.2. The number of aryl methyl sites for hydroxylation is 1. The van der Waals surface area contributed by atoms with Crippen molar-refractivity contribution in [3.8, 4) is 0 Å². The van der Waals surface area contributed by atoms with Gasteiger partial charge in [0.1, 0.15) is 0 Å².